The minimum atomic E-state index is 0.260. The van der Waals surface area contributed by atoms with Crippen LogP contribution in [-0.4, -0.2) is 18.1 Å². The molecule has 1 N–H and O–H groups in total. The molecule has 6 heteroatoms. The Bertz CT molecular complexity index is 565. The first-order valence-corrected chi connectivity index (χ1v) is 6.97. The van der Waals surface area contributed by atoms with Gasteiger partial charge in [0.15, 0.2) is 10.3 Å². The molecule has 4 nitrogen and oxygen atoms in total. The normalized spacial score (nSPS) is 9.89. The molecule has 98 valence electrons. The lowest BCUT2D eigenvalue weighted by Crippen LogP contribution is -2.06. The Morgan fingerprint density at radius 1 is 1.37 bits per heavy atom. The first-order valence-electron chi connectivity index (χ1n) is 5.78. The molecule has 0 aliphatic rings. The lowest BCUT2D eigenvalue weighted by Gasteiger charge is -2.06. The number of nitrogens with zero attached hydrogens (tertiary/aromatic N) is 2. The lowest BCUT2D eigenvalue weighted by atomic mass is 10.3. The molecule has 1 heterocycles. The highest BCUT2D eigenvalue weighted by Crippen LogP contribution is 2.25. The van der Waals surface area contributed by atoms with Gasteiger partial charge in [0, 0.05) is 6.54 Å². The Labute approximate surface area is 120 Å². The summed E-state index contributed by atoms with van der Waals surface area (Å²) in [5.74, 6) is 0.867. The molecule has 0 fully saturated rings. The number of nitriles is 1. The Kier molecular flexibility index (Phi) is 5.01. The molecule has 0 atom stereocenters. The van der Waals surface area contributed by atoms with E-state index in [2.05, 4.69) is 10.3 Å². The van der Waals surface area contributed by atoms with Crippen molar-refractivity contribution >= 4 is 28.1 Å². The highest BCUT2D eigenvalue weighted by molar-refractivity contribution is 7.16. The fourth-order valence-corrected chi connectivity index (χ4v) is 2.39. The molecule has 1 aromatic carbocycles. The van der Waals surface area contributed by atoms with E-state index in [-0.39, 0.29) is 5.15 Å². The topological polar surface area (TPSA) is 57.9 Å². The summed E-state index contributed by atoms with van der Waals surface area (Å²) in [6.45, 7) is 1.35. The van der Waals surface area contributed by atoms with Crippen molar-refractivity contribution in [3.63, 3.8) is 0 Å². The number of ether oxygens (including phenoxy) is 1. The highest BCUT2D eigenvalue weighted by Gasteiger charge is 2.07. The SMILES string of the molecule is N#Cc1sc(NCCCOc2ccccc2)nc1Cl. The van der Waals surface area contributed by atoms with E-state index in [9.17, 15) is 0 Å². The summed E-state index contributed by atoms with van der Waals surface area (Å²) in [4.78, 5) is 4.48. The van der Waals surface area contributed by atoms with Crippen molar-refractivity contribution in [2.45, 2.75) is 6.42 Å². The van der Waals surface area contributed by atoms with Crippen LogP contribution in [0.15, 0.2) is 30.3 Å². The van der Waals surface area contributed by atoms with E-state index in [0.717, 1.165) is 18.7 Å². The number of halogens is 1. The van der Waals surface area contributed by atoms with Gasteiger partial charge in [-0.2, -0.15) is 5.26 Å². The maximum Gasteiger partial charge on any atom is 0.185 e. The van der Waals surface area contributed by atoms with E-state index in [4.69, 9.17) is 21.6 Å². The van der Waals surface area contributed by atoms with E-state index in [1.54, 1.807) is 0 Å². The van der Waals surface area contributed by atoms with Crippen molar-refractivity contribution in [3.8, 4) is 11.8 Å². The predicted octanol–water partition coefficient (Wildman–Crippen LogP) is 3.55. The Morgan fingerprint density at radius 2 is 2.16 bits per heavy atom. The Balaban J connectivity index is 1.68. The minimum absolute atomic E-state index is 0.260. The molecule has 0 aliphatic carbocycles. The van der Waals surface area contributed by atoms with Crippen molar-refractivity contribution in [1.29, 1.82) is 5.26 Å². The van der Waals surface area contributed by atoms with E-state index in [1.165, 1.54) is 11.3 Å². The number of hydrogen-bond acceptors (Lipinski definition) is 5. The van der Waals surface area contributed by atoms with Crippen LogP contribution < -0.4 is 10.1 Å². The van der Waals surface area contributed by atoms with E-state index >= 15 is 0 Å². The standard InChI is InChI=1S/C13H12ClN3OS/c14-12-11(9-15)19-13(17-12)16-7-4-8-18-10-5-2-1-3-6-10/h1-3,5-6H,4,7-8H2,(H,16,17). The molecule has 0 saturated heterocycles. The van der Waals surface area contributed by atoms with Crippen LogP contribution in [0.25, 0.3) is 0 Å². The third-order valence-corrected chi connectivity index (χ3v) is 3.60. The second-order valence-electron chi connectivity index (χ2n) is 3.69. The summed E-state index contributed by atoms with van der Waals surface area (Å²) < 4.78 is 5.56. The first-order chi connectivity index (χ1) is 9.29. The van der Waals surface area contributed by atoms with Gasteiger partial charge in [-0.05, 0) is 18.6 Å². The van der Waals surface area contributed by atoms with Crippen molar-refractivity contribution in [3.05, 3.63) is 40.4 Å². The third kappa shape index (κ3) is 4.12. The molecule has 19 heavy (non-hydrogen) atoms. The average Bonchev–Trinajstić information content (AvgIpc) is 2.80. The van der Waals surface area contributed by atoms with Gasteiger partial charge >= 0.3 is 0 Å². The van der Waals surface area contributed by atoms with Gasteiger partial charge in [0.1, 0.15) is 16.7 Å². The van der Waals surface area contributed by atoms with Crippen LogP contribution >= 0.6 is 22.9 Å². The molecular weight excluding hydrogens is 282 g/mol. The second-order valence-corrected chi connectivity index (χ2v) is 5.05. The van der Waals surface area contributed by atoms with Crippen molar-refractivity contribution < 1.29 is 4.74 Å². The van der Waals surface area contributed by atoms with Gasteiger partial charge < -0.3 is 10.1 Å². The molecule has 0 bridgehead atoms. The van der Waals surface area contributed by atoms with Crippen molar-refractivity contribution in [2.75, 3.05) is 18.5 Å². The number of thiazole rings is 1. The average molecular weight is 294 g/mol. The number of rotatable bonds is 6. The third-order valence-electron chi connectivity index (χ3n) is 2.30. The zero-order valence-corrected chi connectivity index (χ0v) is 11.7. The van der Waals surface area contributed by atoms with Crippen LogP contribution in [0.2, 0.25) is 5.15 Å². The summed E-state index contributed by atoms with van der Waals surface area (Å²) in [5, 5.41) is 12.8. The maximum atomic E-state index is 8.76. The maximum absolute atomic E-state index is 8.76. The zero-order chi connectivity index (χ0) is 13.5. The zero-order valence-electron chi connectivity index (χ0n) is 10.1. The number of benzene rings is 1. The lowest BCUT2D eigenvalue weighted by molar-refractivity contribution is 0.315. The molecular formula is C13H12ClN3OS. The Hall–Kier alpha value is -1.77. The minimum Gasteiger partial charge on any atom is -0.494 e. The van der Waals surface area contributed by atoms with Gasteiger partial charge in [0.05, 0.1) is 6.61 Å². The van der Waals surface area contributed by atoms with Crippen LogP contribution in [0.1, 0.15) is 11.3 Å². The molecule has 0 unspecified atom stereocenters. The van der Waals surface area contributed by atoms with Crippen LogP contribution in [0, 0.1) is 11.3 Å². The molecule has 2 aromatic rings. The van der Waals surface area contributed by atoms with Gasteiger partial charge in [-0.3, -0.25) is 0 Å². The van der Waals surface area contributed by atoms with Crippen LogP contribution in [-0.2, 0) is 0 Å². The molecule has 1 aromatic heterocycles. The molecule has 0 spiro atoms. The summed E-state index contributed by atoms with van der Waals surface area (Å²) in [6, 6.07) is 11.7. The van der Waals surface area contributed by atoms with E-state index in [0.29, 0.717) is 16.6 Å². The number of nitrogens with one attached hydrogen (secondary N) is 1. The van der Waals surface area contributed by atoms with Gasteiger partial charge in [-0.1, -0.05) is 41.1 Å². The quantitative estimate of drug-likeness (QED) is 0.828. The number of hydrogen-bond donors (Lipinski definition) is 1. The largest absolute Gasteiger partial charge is 0.494 e. The van der Waals surface area contributed by atoms with Gasteiger partial charge in [-0.15, -0.1) is 0 Å². The fourth-order valence-electron chi connectivity index (χ4n) is 1.42. The monoisotopic (exact) mass is 293 g/mol. The van der Waals surface area contributed by atoms with Crippen LogP contribution in [0.5, 0.6) is 5.75 Å². The molecule has 0 saturated carbocycles. The second kappa shape index (κ2) is 6.98. The smallest absolute Gasteiger partial charge is 0.185 e. The molecule has 0 aliphatic heterocycles. The predicted molar refractivity (Wildman–Crippen MR) is 76.9 cm³/mol. The number of aromatic nitrogens is 1. The van der Waals surface area contributed by atoms with Crippen molar-refractivity contribution in [2.24, 2.45) is 0 Å². The number of anilines is 1. The fraction of sp³-hybridized carbons (Fsp3) is 0.231. The van der Waals surface area contributed by atoms with Gasteiger partial charge in [-0.25, -0.2) is 4.98 Å². The first kappa shape index (κ1) is 13.7. The van der Waals surface area contributed by atoms with E-state index in [1.807, 2.05) is 36.4 Å². The Morgan fingerprint density at radius 3 is 2.84 bits per heavy atom. The summed E-state index contributed by atoms with van der Waals surface area (Å²) >= 11 is 7.04. The van der Waals surface area contributed by atoms with Crippen LogP contribution in [0.4, 0.5) is 5.13 Å². The van der Waals surface area contributed by atoms with Crippen LogP contribution in [0.3, 0.4) is 0 Å². The van der Waals surface area contributed by atoms with E-state index < -0.39 is 0 Å². The molecule has 0 radical (unpaired) electrons. The highest BCUT2D eigenvalue weighted by atomic mass is 35.5. The van der Waals surface area contributed by atoms with Gasteiger partial charge in [0.2, 0.25) is 0 Å². The summed E-state index contributed by atoms with van der Waals surface area (Å²) in [5.41, 5.74) is 0. The van der Waals surface area contributed by atoms with Crippen molar-refractivity contribution in [1.82, 2.24) is 4.98 Å². The van der Waals surface area contributed by atoms with Gasteiger partial charge in [0.25, 0.3) is 0 Å². The molecule has 0 amide bonds. The number of para-hydroxylation sites is 1. The molecule has 2 rings (SSSR count). The summed E-state index contributed by atoms with van der Waals surface area (Å²) in [6.07, 6.45) is 0.841. The summed E-state index contributed by atoms with van der Waals surface area (Å²) in [7, 11) is 0.